The van der Waals surface area contributed by atoms with E-state index in [2.05, 4.69) is 16.8 Å². The summed E-state index contributed by atoms with van der Waals surface area (Å²) in [7, 11) is 0. The third-order valence-electron chi connectivity index (χ3n) is 5.49. The zero-order valence-corrected chi connectivity index (χ0v) is 15.5. The van der Waals surface area contributed by atoms with Gasteiger partial charge in [-0.2, -0.15) is 0 Å². The lowest BCUT2D eigenvalue weighted by Gasteiger charge is -2.33. The number of halogens is 2. The third-order valence-corrected chi connectivity index (χ3v) is 5.49. The van der Waals surface area contributed by atoms with E-state index in [4.69, 9.17) is 4.98 Å². The molecule has 27 heavy (non-hydrogen) atoms. The first-order valence-corrected chi connectivity index (χ1v) is 9.53. The lowest BCUT2D eigenvalue weighted by molar-refractivity contribution is 0.238. The fourth-order valence-corrected chi connectivity index (χ4v) is 4.04. The van der Waals surface area contributed by atoms with Crippen molar-refractivity contribution in [3.63, 3.8) is 0 Å². The molecule has 0 aliphatic carbocycles. The second-order valence-corrected chi connectivity index (χ2v) is 7.70. The van der Waals surface area contributed by atoms with Gasteiger partial charge in [-0.05, 0) is 37.0 Å². The average molecular weight is 374 g/mol. The van der Waals surface area contributed by atoms with Crippen molar-refractivity contribution in [1.29, 1.82) is 0 Å². The van der Waals surface area contributed by atoms with Crippen molar-refractivity contribution in [2.45, 2.75) is 39.3 Å². The Kier molecular flexibility index (Phi) is 4.95. The minimum Gasteiger partial charge on any atom is -0.342 e. The van der Waals surface area contributed by atoms with Crippen molar-refractivity contribution in [2.24, 2.45) is 5.92 Å². The highest BCUT2D eigenvalue weighted by atomic mass is 19.1. The second kappa shape index (κ2) is 7.38. The Balaban J connectivity index is 1.53. The molecule has 5 nitrogen and oxygen atoms in total. The van der Waals surface area contributed by atoms with E-state index in [1.54, 1.807) is 0 Å². The van der Waals surface area contributed by atoms with Gasteiger partial charge in [-0.25, -0.2) is 13.8 Å². The van der Waals surface area contributed by atoms with E-state index in [0.717, 1.165) is 37.3 Å². The lowest BCUT2D eigenvalue weighted by atomic mass is 10.0. The maximum Gasteiger partial charge on any atom is 0.257 e. The van der Waals surface area contributed by atoms with Gasteiger partial charge in [0, 0.05) is 44.7 Å². The van der Waals surface area contributed by atoms with E-state index >= 15 is 0 Å². The maximum atomic E-state index is 13.9. The number of nitrogens with one attached hydrogen (secondary N) is 1. The van der Waals surface area contributed by atoms with Crippen LogP contribution in [0.5, 0.6) is 0 Å². The number of fused-ring (bicyclic) bond motifs is 1. The van der Waals surface area contributed by atoms with Crippen molar-refractivity contribution in [1.82, 2.24) is 14.9 Å². The smallest absolute Gasteiger partial charge is 0.257 e. The van der Waals surface area contributed by atoms with Gasteiger partial charge in [0.05, 0.1) is 11.3 Å². The quantitative estimate of drug-likeness (QED) is 0.898. The molecule has 3 heterocycles. The van der Waals surface area contributed by atoms with Gasteiger partial charge in [-0.3, -0.25) is 14.7 Å². The van der Waals surface area contributed by atoms with Crippen molar-refractivity contribution in [3.05, 3.63) is 57.0 Å². The highest BCUT2D eigenvalue weighted by Gasteiger charge is 2.25. The first-order valence-electron chi connectivity index (χ1n) is 9.53. The predicted molar refractivity (Wildman–Crippen MR) is 99.6 cm³/mol. The summed E-state index contributed by atoms with van der Waals surface area (Å²) in [6.45, 7) is 5.36. The standard InChI is InChI=1S/C20H24F2N4O/c1-13-3-2-7-26(10-13)20-23-18-6-8-25(12-16(18)19(27)24-20)11-14-9-15(21)4-5-17(14)22/h4-5,9,13H,2-3,6-8,10-12H2,1H3,(H,23,24,27)/t13-/m0/s1. The summed E-state index contributed by atoms with van der Waals surface area (Å²) in [4.78, 5) is 24.4. The number of piperidine rings is 1. The molecule has 0 saturated carbocycles. The summed E-state index contributed by atoms with van der Waals surface area (Å²) in [5.74, 6) is 0.374. The molecule has 0 amide bonds. The Morgan fingerprint density at radius 1 is 1.30 bits per heavy atom. The number of rotatable bonds is 3. The highest BCUT2D eigenvalue weighted by molar-refractivity contribution is 5.35. The van der Waals surface area contributed by atoms with Crippen LogP contribution in [0.2, 0.25) is 0 Å². The first-order chi connectivity index (χ1) is 13.0. The summed E-state index contributed by atoms with van der Waals surface area (Å²) in [5.41, 5.74) is 1.63. The van der Waals surface area contributed by atoms with E-state index in [0.29, 0.717) is 42.5 Å². The zero-order valence-electron chi connectivity index (χ0n) is 15.5. The molecule has 0 spiro atoms. The van der Waals surface area contributed by atoms with Gasteiger partial charge in [0.25, 0.3) is 5.56 Å². The largest absolute Gasteiger partial charge is 0.342 e. The molecule has 1 atom stereocenters. The molecule has 0 unspecified atom stereocenters. The topological polar surface area (TPSA) is 52.2 Å². The van der Waals surface area contributed by atoms with E-state index < -0.39 is 11.6 Å². The second-order valence-electron chi connectivity index (χ2n) is 7.70. The van der Waals surface area contributed by atoms with Crippen LogP contribution in [0.3, 0.4) is 0 Å². The first kappa shape index (κ1) is 18.1. The number of aromatic amines is 1. The van der Waals surface area contributed by atoms with Crippen LogP contribution in [-0.4, -0.2) is 34.5 Å². The predicted octanol–water partition coefficient (Wildman–Crippen LogP) is 2.84. The van der Waals surface area contributed by atoms with E-state index in [1.807, 2.05) is 4.90 Å². The fraction of sp³-hybridized carbons (Fsp3) is 0.500. The van der Waals surface area contributed by atoms with Gasteiger partial charge < -0.3 is 4.90 Å². The number of hydrogen-bond acceptors (Lipinski definition) is 4. The molecule has 0 radical (unpaired) electrons. The Morgan fingerprint density at radius 2 is 2.15 bits per heavy atom. The van der Waals surface area contributed by atoms with Crippen molar-refractivity contribution < 1.29 is 8.78 Å². The van der Waals surface area contributed by atoms with Gasteiger partial charge in [-0.1, -0.05) is 6.92 Å². The molecule has 7 heteroatoms. The van der Waals surface area contributed by atoms with Crippen molar-refractivity contribution in [3.8, 4) is 0 Å². The summed E-state index contributed by atoms with van der Waals surface area (Å²) in [5, 5.41) is 0. The number of benzene rings is 1. The van der Waals surface area contributed by atoms with Crippen LogP contribution in [0.1, 0.15) is 36.6 Å². The highest BCUT2D eigenvalue weighted by Crippen LogP contribution is 2.22. The van der Waals surface area contributed by atoms with Gasteiger partial charge in [0.1, 0.15) is 11.6 Å². The zero-order chi connectivity index (χ0) is 19.0. The molecular formula is C20H24F2N4O. The number of nitrogens with zero attached hydrogens (tertiary/aromatic N) is 3. The van der Waals surface area contributed by atoms with Crippen LogP contribution in [0.4, 0.5) is 14.7 Å². The van der Waals surface area contributed by atoms with Crippen LogP contribution in [-0.2, 0) is 19.5 Å². The number of hydrogen-bond donors (Lipinski definition) is 1. The number of H-pyrrole nitrogens is 1. The SMILES string of the molecule is C[C@H]1CCCN(c2nc3c(c(=O)[nH]2)CN(Cc2cc(F)ccc2F)CC3)C1. The number of aromatic nitrogens is 2. The minimum absolute atomic E-state index is 0.127. The molecule has 2 aliphatic rings. The van der Waals surface area contributed by atoms with Crippen LogP contribution < -0.4 is 10.5 Å². The molecule has 1 N–H and O–H groups in total. The molecule has 2 aliphatic heterocycles. The van der Waals surface area contributed by atoms with Crippen LogP contribution in [0.25, 0.3) is 0 Å². The fourth-order valence-electron chi connectivity index (χ4n) is 4.04. The van der Waals surface area contributed by atoms with Crippen molar-refractivity contribution in [2.75, 3.05) is 24.5 Å². The van der Waals surface area contributed by atoms with Crippen LogP contribution >= 0.6 is 0 Å². The third kappa shape index (κ3) is 3.88. The van der Waals surface area contributed by atoms with E-state index in [1.165, 1.54) is 12.5 Å². The Labute approximate surface area is 157 Å². The molecule has 4 rings (SSSR count). The maximum absolute atomic E-state index is 13.9. The molecule has 1 saturated heterocycles. The van der Waals surface area contributed by atoms with E-state index in [9.17, 15) is 13.6 Å². The molecule has 0 bridgehead atoms. The molecule has 144 valence electrons. The Hall–Kier alpha value is -2.28. The van der Waals surface area contributed by atoms with E-state index in [-0.39, 0.29) is 12.1 Å². The van der Waals surface area contributed by atoms with Gasteiger partial charge in [0.15, 0.2) is 0 Å². The minimum atomic E-state index is -0.455. The Morgan fingerprint density at radius 3 is 2.96 bits per heavy atom. The van der Waals surface area contributed by atoms with Gasteiger partial charge in [0.2, 0.25) is 5.95 Å². The molecular weight excluding hydrogens is 350 g/mol. The summed E-state index contributed by atoms with van der Waals surface area (Å²) >= 11 is 0. The monoisotopic (exact) mass is 374 g/mol. The summed E-state index contributed by atoms with van der Waals surface area (Å²) < 4.78 is 27.3. The molecule has 2 aromatic rings. The molecule has 1 fully saturated rings. The van der Waals surface area contributed by atoms with Gasteiger partial charge >= 0.3 is 0 Å². The van der Waals surface area contributed by atoms with Crippen LogP contribution in [0.15, 0.2) is 23.0 Å². The normalized spacial score (nSPS) is 20.6. The summed E-state index contributed by atoms with van der Waals surface area (Å²) in [6, 6.07) is 3.47. The average Bonchev–Trinajstić information content (AvgIpc) is 2.65. The molecule has 1 aromatic carbocycles. The molecule has 1 aromatic heterocycles. The van der Waals surface area contributed by atoms with Gasteiger partial charge in [-0.15, -0.1) is 0 Å². The summed E-state index contributed by atoms with van der Waals surface area (Å²) in [6.07, 6.45) is 2.94. The number of anilines is 1. The Bertz CT molecular complexity index is 898. The lowest BCUT2D eigenvalue weighted by Crippen LogP contribution is -2.39. The van der Waals surface area contributed by atoms with Crippen LogP contribution in [0, 0.1) is 17.6 Å². The van der Waals surface area contributed by atoms with Crippen molar-refractivity contribution >= 4 is 5.95 Å².